The van der Waals surface area contributed by atoms with Crippen molar-refractivity contribution in [1.82, 2.24) is 14.8 Å². The van der Waals surface area contributed by atoms with Gasteiger partial charge in [-0.05, 0) is 38.3 Å². The molecule has 4 heteroatoms. The molecular weight excluding hydrogens is 238 g/mol. The monoisotopic (exact) mass is 259 g/mol. The molecule has 0 aliphatic rings. The molecule has 1 N–H and O–H groups in total. The third-order valence-corrected chi connectivity index (χ3v) is 3.32. The lowest BCUT2D eigenvalue weighted by Crippen LogP contribution is -2.06. The van der Waals surface area contributed by atoms with Gasteiger partial charge in [0.1, 0.15) is 6.61 Å². The second-order valence-electron chi connectivity index (χ2n) is 5.02. The fourth-order valence-corrected chi connectivity index (χ4v) is 2.63. The first-order valence-electron chi connectivity index (χ1n) is 6.69. The molecule has 0 saturated carbocycles. The van der Waals surface area contributed by atoms with Gasteiger partial charge in [-0.25, -0.2) is 0 Å². The molecule has 1 aromatic heterocycles. The standard InChI is InChI=1S/C15H21N3O/c1-5-6-18-13(9-19)16-17-15(18)14-11(3)7-10(2)8-12(14)4/h7-8,19H,5-6,9H2,1-4H3. The molecular formula is C15H21N3O. The first-order valence-corrected chi connectivity index (χ1v) is 6.69. The predicted octanol–water partition coefficient (Wildman–Crippen LogP) is 2.77. The third-order valence-electron chi connectivity index (χ3n) is 3.32. The number of benzene rings is 1. The molecule has 0 fully saturated rings. The van der Waals surface area contributed by atoms with Gasteiger partial charge in [0.25, 0.3) is 0 Å². The summed E-state index contributed by atoms with van der Waals surface area (Å²) in [7, 11) is 0. The van der Waals surface area contributed by atoms with Crippen molar-refractivity contribution >= 4 is 0 Å². The van der Waals surface area contributed by atoms with Crippen LogP contribution in [-0.2, 0) is 13.2 Å². The molecule has 1 heterocycles. The Labute approximate surface area is 114 Å². The van der Waals surface area contributed by atoms with Crippen LogP contribution < -0.4 is 0 Å². The van der Waals surface area contributed by atoms with Crippen LogP contribution in [0.2, 0.25) is 0 Å². The zero-order valence-corrected chi connectivity index (χ0v) is 12.1. The summed E-state index contributed by atoms with van der Waals surface area (Å²) < 4.78 is 2.02. The molecule has 0 saturated heterocycles. The zero-order valence-electron chi connectivity index (χ0n) is 12.1. The average molecular weight is 259 g/mol. The molecule has 0 aliphatic heterocycles. The molecule has 1 aromatic carbocycles. The Bertz CT molecular complexity index is 564. The Morgan fingerprint density at radius 2 is 1.74 bits per heavy atom. The Balaban J connectivity index is 2.62. The fraction of sp³-hybridized carbons (Fsp3) is 0.467. The normalized spacial score (nSPS) is 11.0. The topological polar surface area (TPSA) is 50.9 Å². The largest absolute Gasteiger partial charge is 0.388 e. The second kappa shape index (κ2) is 5.53. The van der Waals surface area contributed by atoms with Gasteiger partial charge in [-0.3, -0.25) is 0 Å². The Kier molecular flexibility index (Phi) is 4.00. The molecule has 0 spiro atoms. The summed E-state index contributed by atoms with van der Waals surface area (Å²) in [6.07, 6.45) is 0.988. The third kappa shape index (κ3) is 2.54. The van der Waals surface area contributed by atoms with Gasteiger partial charge in [0.15, 0.2) is 11.6 Å². The maximum Gasteiger partial charge on any atom is 0.164 e. The van der Waals surface area contributed by atoms with E-state index in [0.717, 1.165) is 24.4 Å². The van der Waals surface area contributed by atoms with Crippen LogP contribution >= 0.6 is 0 Å². The predicted molar refractivity (Wildman–Crippen MR) is 75.9 cm³/mol. The molecule has 4 nitrogen and oxygen atoms in total. The van der Waals surface area contributed by atoms with Crippen molar-refractivity contribution in [2.75, 3.05) is 0 Å². The first kappa shape index (κ1) is 13.7. The SMILES string of the molecule is CCCn1c(CO)nnc1-c1c(C)cc(C)cc1C. The highest BCUT2D eigenvalue weighted by molar-refractivity contribution is 5.65. The maximum absolute atomic E-state index is 9.36. The van der Waals surface area contributed by atoms with Crippen molar-refractivity contribution in [2.24, 2.45) is 0 Å². The van der Waals surface area contributed by atoms with Crippen LogP contribution in [0.3, 0.4) is 0 Å². The second-order valence-corrected chi connectivity index (χ2v) is 5.02. The van der Waals surface area contributed by atoms with Gasteiger partial charge in [-0.1, -0.05) is 24.6 Å². The summed E-state index contributed by atoms with van der Waals surface area (Å²) in [6, 6.07) is 4.32. The van der Waals surface area contributed by atoms with Crippen LogP contribution in [0.1, 0.15) is 35.9 Å². The van der Waals surface area contributed by atoms with Crippen LogP contribution in [0, 0.1) is 20.8 Å². The molecule has 0 bridgehead atoms. The Morgan fingerprint density at radius 3 is 2.26 bits per heavy atom. The van der Waals surface area contributed by atoms with E-state index < -0.39 is 0 Å². The van der Waals surface area contributed by atoms with Crippen LogP contribution in [0.15, 0.2) is 12.1 Å². The number of hydrogen-bond donors (Lipinski definition) is 1. The number of rotatable bonds is 4. The van der Waals surface area contributed by atoms with Gasteiger partial charge in [-0.2, -0.15) is 0 Å². The highest BCUT2D eigenvalue weighted by Gasteiger charge is 2.16. The zero-order chi connectivity index (χ0) is 14.0. The summed E-state index contributed by atoms with van der Waals surface area (Å²) in [6.45, 7) is 9.15. The molecule has 2 aromatic rings. The quantitative estimate of drug-likeness (QED) is 0.918. The van der Waals surface area contributed by atoms with Crippen LogP contribution in [-0.4, -0.2) is 19.9 Å². The van der Waals surface area contributed by atoms with Crippen molar-refractivity contribution in [3.63, 3.8) is 0 Å². The minimum Gasteiger partial charge on any atom is -0.388 e. The van der Waals surface area contributed by atoms with E-state index in [2.05, 4.69) is 50.0 Å². The molecule has 0 atom stereocenters. The van der Waals surface area contributed by atoms with Crippen LogP contribution in [0.4, 0.5) is 0 Å². The molecule has 0 unspecified atom stereocenters. The summed E-state index contributed by atoms with van der Waals surface area (Å²) >= 11 is 0. The maximum atomic E-state index is 9.36. The van der Waals surface area contributed by atoms with E-state index >= 15 is 0 Å². The van der Waals surface area contributed by atoms with Gasteiger partial charge in [-0.15, -0.1) is 10.2 Å². The molecule has 19 heavy (non-hydrogen) atoms. The number of nitrogens with zero attached hydrogens (tertiary/aromatic N) is 3. The van der Waals surface area contributed by atoms with E-state index in [4.69, 9.17) is 0 Å². The van der Waals surface area contributed by atoms with Crippen LogP contribution in [0.25, 0.3) is 11.4 Å². The summed E-state index contributed by atoms with van der Waals surface area (Å²) in [5, 5.41) is 17.7. The average Bonchev–Trinajstić information content (AvgIpc) is 2.72. The number of aromatic nitrogens is 3. The van der Waals surface area contributed by atoms with E-state index in [0.29, 0.717) is 5.82 Å². The number of aliphatic hydroxyl groups is 1. The minimum absolute atomic E-state index is 0.0725. The van der Waals surface area contributed by atoms with E-state index in [-0.39, 0.29) is 6.61 Å². The molecule has 102 valence electrons. The molecule has 0 amide bonds. The van der Waals surface area contributed by atoms with Gasteiger partial charge in [0.05, 0.1) is 0 Å². The molecule has 2 rings (SSSR count). The first-order chi connectivity index (χ1) is 9.08. The van der Waals surface area contributed by atoms with Gasteiger partial charge in [0, 0.05) is 12.1 Å². The lowest BCUT2D eigenvalue weighted by Gasteiger charge is -2.13. The fourth-order valence-electron chi connectivity index (χ4n) is 2.63. The van der Waals surface area contributed by atoms with Gasteiger partial charge < -0.3 is 9.67 Å². The van der Waals surface area contributed by atoms with Crippen LogP contribution in [0.5, 0.6) is 0 Å². The van der Waals surface area contributed by atoms with Crippen molar-refractivity contribution in [1.29, 1.82) is 0 Å². The van der Waals surface area contributed by atoms with E-state index in [1.807, 2.05) is 4.57 Å². The lowest BCUT2D eigenvalue weighted by molar-refractivity contribution is 0.264. The summed E-state index contributed by atoms with van der Waals surface area (Å²) in [5.41, 5.74) is 4.78. The number of aliphatic hydroxyl groups excluding tert-OH is 1. The van der Waals surface area contributed by atoms with E-state index in [1.165, 1.54) is 16.7 Å². The highest BCUT2D eigenvalue weighted by atomic mass is 16.3. The van der Waals surface area contributed by atoms with Crippen molar-refractivity contribution in [2.45, 2.75) is 47.3 Å². The number of hydrogen-bond acceptors (Lipinski definition) is 3. The van der Waals surface area contributed by atoms with Gasteiger partial charge in [0.2, 0.25) is 0 Å². The highest BCUT2D eigenvalue weighted by Crippen LogP contribution is 2.27. The van der Waals surface area contributed by atoms with E-state index in [1.54, 1.807) is 0 Å². The summed E-state index contributed by atoms with van der Waals surface area (Å²) in [4.78, 5) is 0. The minimum atomic E-state index is -0.0725. The van der Waals surface area contributed by atoms with Crippen molar-refractivity contribution < 1.29 is 5.11 Å². The van der Waals surface area contributed by atoms with Crippen molar-refractivity contribution in [3.05, 3.63) is 34.6 Å². The summed E-state index contributed by atoms with van der Waals surface area (Å²) in [5.74, 6) is 1.50. The molecule has 0 aliphatic carbocycles. The Hall–Kier alpha value is -1.68. The number of aryl methyl sites for hydroxylation is 3. The smallest absolute Gasteiger partial charge is 0.164 e. The van der Waals surface area contributed by atoms with E-state index in [9.17, 15) is 5.11 Å². The van der Waals surface area contributed by atoms with Gasteiger partial charge >= 0.3 is 0 Å². The Morgan fingerprint density at radius 1 is 1.11 bits per heavy atom. The van der Waals surface area contributed by atoms with Crippen molar-refractivity contribution in [3.8, 4) is 11.4 Å². The molecule has 0 radical (unpaired) electrons. The lowest BCUT2D eigenvalue weighted by atomic mass is 9.99.